The van der Waals surface area contributed by atoms with Crippen LogP contribution in [0.5, 0.6) is 5.75 Å². The van der Waals surface area contributed by atoms with Gasteiger partial charge in [0.15, 0.2) is 0 Å². The van der Waals surface area contributed by atoms with Crippen molar-refractivity contribution in [1.29, 1.82) is 0 Å². The average molecular weight is 357 g/mol. The van der Waals surface area contributed by atoms with Crippen molar-refractivity contribution < 1.29 is 19.1 Å². The maximum Gasteiger partial charge on any atom is 0.325 e. The second-order valence-corrected chi connectivity index (χ2v) is 7.22. The maximum absolute atomic E-state index is 12.6. The number of fused-ring (bicyclic) bond motifs is 1. The summed E-state index contributed by atoms with van der Waals surface area (Å²) >= 11 is 0. The molecule has 2 aliphatic heterocycles. The van der Waals surface area contributed by atoms with E-state index in [9.17, 15) is 14.4 Å². The lowest BCUT2D eigenvalue weighted by Crippen LogP contribution is -2.44. The number of rotatable bonds is 4. The molecule has 1 saturated carbocycles. The third kappa shape index (κ3) is 2.91. The van der Waals surface area contributed by atoms with Crippen LogP contribution in [0.2, 0.25) is 0 Å². The number of nitrogens with one attached hydrogen (secondary N) is 2. The van der Waals surface area contributed by atoms with Gasteiger partial charge < -0.3 is 15.4 Å². The van der Waals surface area contributed by atoms with E-state index in [4.69, 9.17) is 4.74 Å². The quantitative estimate of drug-likeness (QED) is 0.806. The molecule has 138 valence electrons. The molecule has 0 radical (unpaired) electrons. The van der Waals surface area contributed by atoms with Gasteiger partial charge in [0.25, 0.3) is 5.91 Å². The fraction of sp³-hybridized carbons (Fsp3) is 0.526. The molecular formula is C19H23N3O4. The number of imide groups is 1. The molecule has 7 nitrogen and oxygen atoms in total. The minimum atomic E-state index is -0.715. The van der Waals surface area contributed by atoms with Gasteiger partial charge in [0, 0.05) is 24.9 Å². The van der Waals surface area contributed by atoms with Crippen LogP contribution in [-0.2, 0) is 9.59 Å². The van der Waals surface area contributed by atoms with Gasteiger partial charge in [0.2, 0.25) is 5.91 Å². The van der Waals surface area contributed by atoms with Crippen molar-refractivity contribution in [3.8, 4) is 5.75 Å². The number of amides is 4. The van der Waals surface area contributed by atoms with Gasteiger partial charge in [-0.1, -0.05) is 31.0 Å². The highest BCUT2D eigenvalue weighted by atomic mass is 16.5. The fourth-order valence-corrected chi connectivity index (χ4v) is 4.17. The molecule has 2 heterocycles. The first-order valence-corrected chi connectivity index (χ1v) is 9.24. The Kier molecular flexibility index (Phi) is 4.30. The van der Waals surface area contributed by atoms with Crippen LogP contribution in [0.1, 0.15) is 50.1 Å². The zero-order valence-corrected chi connectivity index (χ0v) is 14.6. The third-order valence-electron chi connectivity index (χ3n) is 5.56. The standard InChI is InChI=1S/C19H23N3O4/c23-16(20-14-8-12-26-15-6-2-1-5-13(14)15)7-11-22-17(24)19(21-18(22)25)9-3-4-10-19/h1-2,5-6,14H,3-4,7-12H2,(H,20,23)(H,21,25)/t14-/m0/s1. The van der Waals surface area contributed by atoms with Crippen molar-refractivity contribution >= 4 is 17.8 Å². The Hall–Kier alpha value is -2.57. The summed E-state index contributed by atoms with van der Waals surface area (Å²) < 4.78 is 5.60. The van der Waals surface area contributed by atoms with E-state index in [0.29, 0.717) is 25.9 Å². The summed E-state index contributed by atoms with van der Waals surface area (Å²) in [7, 11) is 0. The van der Waals surface area contributed by atoms with Crippen LogP contribution in [0.25, 0.3) is 0 Å². The van der Waals surface area contributed by atoms with Crippen molar-refractivity contribution in [3.63, 3.8) is 0 Å². The van der Waals surface area contributed by atoms with Crippen molar-refractivity contribution in [3.05, 3.63) is 29.8 Å². The minimum absolute atomic E-state index is 0.100. The largest absolute Gasteiger partial charge is 0.493 e. The predicted molar refractivity (Wildman–Crippen MR) is 93.5 cm³/mol. The van der Waals surface area contributed by atoms with E-state index >= 15 is 0 Å². The van der Waals surface area contributed by atoms with E-state index in [1.165, 1.54) is 4.90 Å². The van der Waals surface area contributed by atoms with Gasteiger partial charge in [-0.05, 0) is 18.9 Å². The molecule has 2 fully saturated rings. The summed E-state index contributed by atoms with van der Waals surface area (Å²) in [6, 6.07) is 7.18. The average Bonchev–Trinajstić information content (AvgIpc) is 3.20. The van der Waals surface area contributed by atoms with Crippen molar-refractivity contribution in [2.45, 2.75) is 50.1 Å². The molecule has 1 aromatic carbocycles. The van der Waals surface area contributed by atoms with Crippen molar-refractivity contribution in [1.82, 2.24) is 15.5 Å². The van der Waals surface area contributed by atoms with Gasteiger partial charge >= 0.3 is 6.03 Å². The lowest BCUT2D eigenvalue weighted by molar-refractivity contribution is -0.131. The summed E-state index contributed by atoms with van der Waals surface area (Å²) in [5.74, 6) is 0.449. The van der Waals surface area contributed by atoms with E-state index in [2.05, 4.69) is 10.6 Å². The SMILES string of the molecule is O=C(CCN1C(=O)NC2(CCCC2)C1=O)N[C@H]1CCOc2ccccc21. The normalized spacial score (nSPS) is 23.5. The van der Waals surface area contributed by atoms with Gasteiger partial charge in [0.1, 0.15) is 11.3 Å². The van der Waals surface area contributed by atoms with Gasteiger partial charge in [-0.2, -0.15) is 0 Å². The number of nitrogens with zero attached hydrogens (tertiary/aromatic N) is 1. The number of carbonyl (C=O) groups is 3. The predicted octanol–water partition coefficient (Wildman–Crippen LogP) is 1.88. The van der Waals surface area contributed by atoms with E-state index in [0.717, 1.165) is 24.2 Å². The molecule has 1 aromatic rings. The van der Waals surface area contributed by atoms with Crippen LogP contribution >= 0.6 is 0 Å². The molecule has 7 heteroatoms. The molecule has 26 heavy (non-hydrogen) atoms. The summed E-state index contributed by atoms with van der Waals surface area (Å²) in [4.78, 5) is 38.3. The first-order chi connectivity index (χ1) is 12.6. The Bertz CT molecular complexity index is 742. The maximum atomic E-state index is 12.6. The van der Waals surface area contributed by atoms with Crippen LogP contribution in [0.15, 0.2) is 24.3 Å². The van der Waals surface area contributed by atoms with E-state index < -0.39 is 5.54 Å². The zero-order valence-electron chi connectivity index (χ0n) is 14.6. The Morgan fingerprint density at radius 1 is 1.27 bits per heavy atom. The molecular weight excluding hydrogens is 334 g/mol. The van der Waals surface area contributed by atoms with E-state index in [-0.39, 0.29) is 36.9 Å². The highest BCUT2D eigenvalue weighted by Gasteiger charge is 2.52. The molecule has 3 aliphatic rings. The van der Waals surface area contributed by atoms with E-state index in [1.54, 1.807) is 0 Å². The van der Waals surface area contributed by atoms with Gasteiger partial charge in [-0.15, -0.1) is 0 Å². The molecule has 0 unspecified atom stereocenters. The molecule has 4 rings (SSSR count). The highest BCUT2D eigenvalue weighted by molar-refractivity contribution is 6.07. The zero-order chi connectivity index (χ0) is 18.1. The van der Waals surface area contributed by atoms with Gasteiger partial charge in [0.05, 0.1) is 12.6 Å². The Morgan fingerprint density at radius 2 is 2.04 bits per heavy atom. The summed E-state index contributed by atoms with van der Waals surface area (Å²) in [6.45, 7) is 0.667. The number of benzene rings is 1. The first-order valence-electron chi connectivity index (χ1n) is 9.24. The lowest BCUT2D eigenvalue weighted by Gasteiger charge is -2.27. The molecule has 4 amide bonds. The smallest absolute Gasteiger partial charge is 0.325 e. The summed E-state index contributed by atoms with van der Waals surface area (Å²) in [5, 5.41) is 5.84. The second-order valence-electron chi connectivity index (χ2n) is 7.22. The Morgan fingerprint density at radius 3 is 2.85 bits per heavy atom. The number of ether oxygens (including phenoxy) is 1. The number of para-hydroxylation sites is 1. The summed E-state index contributed by atoms with van der Waals surface area (Å²) in [6.07, 6.45) is 4.09. The molecule has 1 atom stereocenters. The summed E-state index contributed by atoms with van der Waals surface area (Å²) in [5.41, 5.74) is 0.250. The number of urea groups is 1. The Balaban J connectivity index is 1.35. The van der Waals surface area contributed by atoms with Crippen molar-refractivity contribution in [2.24, 2.45) is 0 Å². The first kappa shape index (κ1) is 16.9. The van der Waals surface area contributed by atoms with Crippen LogP contribution in [-0.4, -0.2) is 41.4 Å². The molecule has 1 spiro atoms. The monoisotopic (exact) mass is 357 g/mol. The van der Waals surface area contributed by atoms with Crippen LogP contribution in [0, 0.1) is 0 Å². The highest BCUT2D eigenvalue weighted by Crippen LogP contribution is 2.35. The third-order valence-corrected chi connectivity index (χ3v) is 5.56. The number of hydrogen-bond acceptors (Lipinski definition) is 4. The van der Waals surface area contributed by atoms with Crippen LogP contribution in [0.4, 0.5) is 4.79 Å². The molecule has 0 bridgehead atoms. The van der Waals surface area contributed by atoms with Crippen molar-refractivity contribution in [2.75, 3.05) is 13.2 Å². The second kappa shape index (κ2) is 6.63. The Labute approximate surface area is 152 Å². The minimum Gasteiger partial charge on any atom is -0.493 e. The molecule has 1 aliphatic carbocycles. The molecule has 2 N–H and O–H groups in total. The van der Waals surface area contributed by atoms with E-state index in [1.807, 2.05) is 24.3 Å². The number of carbonyl (C=O) groups excluding carboxylic acids is 3. The fourth-order valence-electron chi connectivity index (χ4n) is 4.17. The van der Waals surface area contributed by atoms with Crippen LogP contribution in [0.3, 0.4) is 0 Å². The topological polar surface area (TPSA) is 87.7 Å². The van der Waals surface area contributed by atoms with Gasteiger partial charge in [-0.25, -0.2) is 4.79 Å². The molecule has 1 saturated heterocycles. The van der Waals surface area contributed by atoms with Crippen LogP contribution < -0.4 is 15.4 Å². The number of hydrogen-bond donors (Lipinski definition) is 2. The lowest BCUT2D eigenvalue weighted by atomic mass is 9.98. The molecule has 0 aromatic heterocycles. The van der Waals surface area contributed by atoms with Gasteiger partial charge in [-0.3, -0.25) is 14.5 Å².